The maximum atomic E-state index is 11.6. The van der Waals surface area contributed by atoms with Crippen LogP contribution in [0.25, 0.3) is 0 Å². The molecule has 0 aliphatic carbocycles. The molecule has 0 spiro atoms. The minimum absolute atomic E-state index is 0.394. The van der Waals surface area contributed by atoms with Gasteiger partial charge in [0.2, 0.25) is 0 Å². The lowest BCUT2D eigenvalue weighted by Crippen LogP contribution is -2.40. The first-order valence-electron chi connectivity index (χ1n) is 6.39. The summed E-state index contributed by atoms with van der Waals surface area (Å²) in [5.74, 6) is 0. The van der Waals surface area contributed by atoms with E-state index in [4.69, 9.17) is 4.74 Å². The van der Waals surface area contributed by atoms with E-state index in [-0.39, 0.29) is 0 Å². The number of rotatable bonds is 6. The van der Waals surface area contributed by atoms with E-state index in [1.807, 2.05) is 25.2 Å². The number of carbonyl (C=O) groups is 2. The van der Waals surface area contributed by atoms with E-state index in [2.05, 4.69) is 17.9 Å². The van der Waals surface area contributed by atoms with E-state index in [1.54, 1.807) is 32.3 Å². The number of allylic oxidation sites excluding steroid dienone is 4. The molecule has 0 saturated carbocycles. The van der Waals surface area contributed by atoms with Crippen LogP contribution in [0.2, 0.25) is 0 Å². The number of thiol groups is 1. The van der Waals surface area contributed by atoms with E-state index in [9.17, 15) is 9.59 Å². The summed E-state index contributed by atoms with van der Waals surface area (Å²) in [7, 11) is 0. The zero-order chi connectivity index (χ0) is 15.6. The van der Waals surface area contributed by atoms with Crippen LogP contribution in [0.1, 0.15) is 34.1 Å². The maximum absolute atomic E-state index is 11.6. The minimum Gasteiger partial charge on any atom is -0.444 e. The topological polar surface area (TPSA) is 55.4 Å². The summed E-state index contributed by atoms with van der Waals surface area (Å²) in [6.45, 7) is 7.19. The Bertz CT molecular complexity index is 406. The highest BCUT2D eigenvalue weighted by Crippen LogP contribution is 2.10. The van der Waals surface area contributed by atoms with Crippen LogP contribution in [0.4, 0.5) is 4.79 Å². The first-order chi connectivity index (χ1) is 9.32. The monoisotopic (exact) mass is 297 g/mol. The number of nitrogens with one attached hydrogen (secondary N) is 1. The lowest BCUT2D eigenvalue weighted by Gasteiger charge is -2.21. The highest BCUT2D eigenvalue weighted by molar-refractivity contribution is 7.83. The van der Waals surface area contributed by atoms with Gasteiger partial charge in [-0.25, -0.2) is 4.79 Å². The number of hydrogen-bond donors (Lipinski definition) is 2. The average Bonchev–Trinajstić information content (AvgIpc) is 2.32. The van der Waals surface area contributed by atoms with Crippen LogP contribution in [0, 0.1) is 0 Å². The van der Waals surface area contributed by atoms with Crippen LogP contribution in [0.3, 0.4) is 0 Å². The minimum atomic E-state index is -0.624. The third-order valence-corrected chi connectivity index (χ3v) is 2.27. The average molecular weight is 297 g/mol. The number of alkyl carbamates (subject to hydrolysis) is 1. The molecule has 1 amide bonds. The van der Waals surface area contributed by atoms with Crippen molar-refractivity contribution in [2.45, 2.75) is 45.8 Å². The molecule has 1 unspecified atom stereocenters. The molecule has 0 aromatic heterocycles. The zero-order valence-corrected chi connectivity index (χ0v) is 13.3. The summed E-state index contributed by atoms with van der Waals surface area (Å²) in [5, 5.41) is 4.14. The lowest BCUT2D eigenvalue weighted by molar-refractivity contribution is -0.109. The molecular weight excluding hydrogens is 274 g/mol. The van der Waals surface area contributed by atoms with Crippen molar-refractivity contribution >= 4 is 25.0 Å². The normalized spacial score (nSPS) is 14.6. The van der Waals surface area contributed by atoms with Crippen LogP contribution in [-0.4, -0.2) is 24.0 Å². The van der Waals surface area contributed by atoms with Gasteiger partial charge in [-0.3, -0.25) is 0 Å². The van der Waals surface area contributed by atoms with Crippen LogP contribution < -0.4 is 5.32 Å². The van der Waals surface area contributed by atoms with Crippen molar-refractivity contribution < 1.29 is 14.3 Å². The first-order valence-corrected chi connectivity index (χ1v) is 6.91. The van der Waals surface area contributed by atoms with Gasteiger partial charge < -0.3 is 14.8 Å². The Balaban J connectivity index is 4.67. The fourth-order valence-electron chi connectivity index (χ4n) is 1.42. The van der Waals surface area contributed by atoms with Crippen LogP contribution in [-0.2, 0) is 9.53 Å². The number of aldehydes is 1. The molecule has 20 heavy (non-hydrogen) atoms. The van der Waals surface area contributed by atoms with Gasteiger partial charge in [-0.2, -0.15) is 12.6 Å². The molecule has 0 fully saturated rings. The van der Waals surface area contributed by atoms with Gasteiger partial charge in [0.25, 0.3) is 0 Å². The van der Waals surface area contributed by atoms with E-state index < -0.39 is 17.7 Å². The van der Waals surface area contributed by atoms with Gasteiger partial charge in [-0.05, 0) is 45.1 Å². The Kier molecular flexibility index (Phi) is 8.72. The standard InChI is InChI=1S/C15H23NO3S/c1-5-7-12(8-6-9-20)10-13(11-17)16-14(18)19-15(2,3)4/h5-9,11,13,20H,10H2,1-4H3,(H,16,18)/b7-5-,9-6+,12-8+. The molecule has 0 radical (unpaired) electrons. The van der Waals surface area contributed by atoms with Crippen LogP contribution in [0.15, 0.2) is 35.3 Å². The van der Waals surface area contributed by atoms with Gasteiger partial charge in [0.15, 0.2) is 0 Å². The fourth-order valence-corrected chi connectivity index (χ4v) is 1.50. The number of amides is 1. The van der Waals surface area contributed by atoms with Crippen LogP contribution >= 0.6 is 12.6 Å². The Hall–Kier alpha value is -1.49. The lowest BCUT2D eigenvalue weighted by atomic mass is 10.1. The van der Waals surface area contributed by atoms with Gasteiger partial charge in [-0.1, -0.05) is 24.3 Å². The van der Waals surface area contributed by atoms with Crippen molar-refractivity contribution in [3.8, 4) is 0 Å². The quantitative estimate of drug-likeness (QED) is 0.449. The van der Waals surface area contributed by atoms with Crippen molar-refractivity contribution in [2.75, 3.05) is 0 Å². The second-order valence-corrected chi connectivity index (χ2v) is 5.47. The summed E-state index contributed by atoms with van der Waals surface area (Å²) >= 11 is 3.97. The van der Waals surface area contributed by atoms with Crippen molar-refractivity contribution in [1.82, 2.24) is 5.32 Å². The summed E-state index contributed by atoms with van der Waals surface area (Å²) in [6, 6.07) is -0.624. The predicted octanol–water partition coefficient (Wildman–Crippen LogP) is 3.41. The van der Waals surface area contributed by atoms with E-state index in [0.717, 1.165) is 5.57 Å². The van der Waals surface area contributed by atoms with E-state index >= 15 is 0 Å². The molecule has 112 valence electrons. The van der Waals surface area contributed by atoms with Gasteiger partial charge in [-0.15, -0.1) is 0 Å². The molecule has 5 heteroatoms. The molecule has 0 aliphatic heterocycles. The molecule has 1 N–H and O–H groups in total. The second kappa shape index (κ2) is 9.42. The Morgan fingerprint density at radius 3 is 2.50 bits per heavy atom. The molecule has 0 rings (SSSR count). The van der Waals surface area contributed by atoms with Crippen LogP contribution in [0.5, 0.6) is 0 Å². The smallest absolute Gasteiger partial charge is 0.408 e. The maximum Gasteiger partial charge on any atom is 0.408 e. The molecular formula is C15H23NO3S. The zero-order valence-electron chi connectivity index (χ0n) is 12.4. The molecule has 0 aromatic carbocycles. The molecule has 4 nitrogen and oxygen atoms in total. The third kappa shape index (κ3) is 9.44. The van der Waals surface area contributed by atoms with Gasteiger partial charge in [0, 0.05) is 0 Å². The van der Waals surface area contributed by atoms with Crippen molar-refractivity contribution in [2.24, 2.45) is 0 Å². The van der Waals surface area contributed by atoms with E-state index in [1.165, 1.54) is 0 Å². The number of hydrogen-bond acceptors (Lipinski definition) is 4. The molecule has 0 heterocycles. The fraction of sp³-hybridized carbons (Fsp3) is 0.467. The number of carbonyl (C=O) groups excluding carboxylic acids is 2. The third-order valence-electron chi connectivity index (χ3n) is 2.10. The molecule has 0 saturated heterocycles. The summed E-state index contributed by atoms with van der Waals surface area (Å²) in [4.78, 5) is 22.7. The predicted molar refractivity (Wildman–Crippen MR) is 84.9 cm³/mol. The summed E-state index contributed by atoms with van der Waals surface area (Å²) in [5.41, 5.74) is 0.319. The van der Waals surface area contributed by atoms with E-state index in [0.29, 0.717) is 12.7 Å². The molecule has 1 atom stereocenters. The summed E-state index contributed by atoms with van der Waals surface area (Å²) < 4.78 is 5.12. The Morgan fingerprint density at radius 1 is 1.40 bits per heavy atom. The molecule has 0 aliphatic rings. The summed E-state index contributed by atoms with van der Waals surface area (Å²) in [6.07, 6.45) is 7.83. The Morgan fingerprint density at radius 2 is 2.05 bits per heavy atom. The SMILES string of the molecule is C\C=C/C(=C\C=C\S)CC(C=O)NC(=O)OC(C)(C)C. The van der Waals surface area contributed by atoms with Crippen molar-refractivity contribution in [3.63, 3.8) is 0 Å². The van der Waals surface area contributed by atoms with Crippen molar-refractivity contribution in [3.05, 3.63) is 35.3 Å². The molecule has 0 bridgehead atoms. The molecule has 0 aromatic rings. The highest BCUT2D eigenvalue weighted by atomic mass is 32.1. The van der Waals surface area contributed by atoms with Gasteiger partial charge in [0.05, 0.1) is 6.04 Å². The largest absolute Gasteiger partial charge is 0.444 e. The van der Waals surface area contributed by atoms with Gasteiger partial charge >= 0.3 is 6.09 Å². The second-order valence-electron chi connectivity index (χ2n) is 5.18. The number of ether oxygens (including phenoxy) is 1. The van der Waals surface area contributed by atoms with Gasteiger partial charge in [0.1, 0.15) is 11.9 Å². The Labute approximate surface area is 126 Å². The first kappa shape index (κ1) is 18.5. The highest BCUT2D eigenvalue weighted by Gasteiger charge is 2.19. The van der Waals surface area contributed by atoms with Crippen molar-refractivity contribution in [1.29, 1.82) is 0 Å².